The lowest BCUT2D eigenvalue weighted by atomic mass is 10.2. The second-order valence-electron chi connectivity index (χ2n) is 5.68. The van der Waals surface area contributed by atoms with Gasteiger partial charge in [0.25, 0.3) is 5.91 Å². The minimum atomic E-state index is 0.0346. The predicted octanol–water partition coefficient (Wildman–Crippen LogP) is 2.09. The Labute approximate surface area is 120 Å². The van der Waals surface area contributed by atoms with E-state index in [1.165, 1.54) is 25.7 Å². The molecule has 0 aliphatic carbocycles. The Morgan fingerprint density at radius 2 is 1.50 bits per heavy atom. The fourth-order valence-corrected chi connectivity index (χ4v) is 2.99. The monoisotopic (exact) mass is 274 g/mol. The van der Waals surface area contributed by atoms with Crippen LogP contribution in [-0.2, 0) is 0 Å². The lowest BCUT2D eigenvalue weighted by Gasteiger charge is -2.20. The van der Waals surface area contributed by atoms with Crippen LogP contribution in [0.4, 0.5) is 5.82 Å². The maximum Gasteiger partial charge on any atom is 0.274 e. The highest BCUT2D eigenvalue weighted by molar-refractivity contribution is 5.92. The molecule has 0 unspecified atom stereocenters. The SMILES string of the molecule is O=C(c1ccc(N2CCCC2)nn1)N1CCCCCC1. The molecule has 20 heavy (non-hydrogen) atoms. The Morgan fingerprint density at radius 3 is 2.10 bits per heavy atom. The number of hydrogen-bond donors (Lipinski definition) is 0. The van der Waals surface area contributed by atoms with Crippen LogP contribution in [0.1, 0.15) is 49.0 Å². The Morgan fingerprint density at radius 1 is 0.850 bits per heavy atom. The molecule has 1 aromatic heterocycles. The Bertz CT molecular complexity index is 445. The summed E-state index contributed by atoms with van der Waals surface area (Å²) in [7, 11) is 0. The first-order chi connectivity index (χ1) is 9.84. The van der Waals surface area contributed by atoms with Crippen molar-refractivity contribution < 1.29 is 4.79 Å². The van der Waals surface area contributed by atoms with Gasteiger partial charge in [-0.2, -0.15) is 0 Å². The number of likely N-dealkylation sites (tertiary alicyclic amines) is 1. The van der Waals surface area contributed by atoms with Gasteiger partial charge in [-0.25, -0.2) is 0 Å². The van der Waals surface area contributed by atoms with Gasteiger partial charge in [0.1, 0.15) is 0 Å². The van der Waals surface area contributed by atoms with Crippen LogP contribution in [0.5, 0.6) is 0 Å². The lowest BCUT2D eigenvalue weighted by molar-refractivity contribution is 0.0754. The van der Waals surface area contributed by atoms with Crippen LogP contribution in [0.15, 0.2) is 12.1 Å². The van der Waals surface area contributed by atoms with Gasteiger partial charge in [-0.1, -0.05) is 12.8 Å². The molecule has 0 atom stereocenters. The maximum absolute atomic E-state index is 12.4. The van der Waals surface area contributed by atoms with Crippen molar-refractivity contribution in [2.45, 2.75) is 38.5 Å². The molecule has 3 heterocycles. The van der Waals surface area contributed by atoms with E-state index < -0.39 is 0 Å². The van der Waals surface area contributed by atoms with Crippen molar-refractivity contribution in [3.8, 4) is 0 Å². The summed E-state index contributed by atoms with van der Waals surface area (Å²) in [6.07, 6.45) is 7.09. The van der Waals surface area contributed by atoms with Gasteiger partial charge in [-0.3, -0.25) is 4.79 Å². The first kappa shape index (κ1) is 13.3. The van der Waals surface area contributed by atoms with Gasteiger partial charge in [-0.05, 0) is 37.8 Å². The topological polar surface area (TPSA) is 49.3 Å². The average Bonchev–Trinajstić information content (AvgIpc) is 2.89. The number of amides is 1. The minimum absolute atomic E-state index is 0.0346. The number of carbonyl (C=O) groups is 1. The summed E-state index contributed by atoms with van der Waals surface area (Å²) >= 11 is 0. The standard InChI is InChI=1S/C15H22N4O/c20-15(19-11-3-1-2-4-12-19)13-7-8-14(17-16-13)18-9-5-6-10-18/h7-8H,1-6,9-12H2. The van der Waals surface area contributed by atoms with Crippen molar-refractivity contribution in [2.24, 2.45) is 0 Å². The quantitative estimate of drug-likeness (QED) is 0.828. The van der Waals surface area contributed by atoms with E-state index in [0.717, 1.165) is 44.8 Å². The molecule has 0 aromatic carbocycles. The fourth-order valence-electron chi connectivity index (χ4n) is 2.99. The van der Waals surface area contributed by atoms with Crippen LogP contribution in [-0.4, -0.2) is 47.2 Å². The first-order valence-corrected chi connectivity index (χ1v) is 7.72. The molecule has 108 valence electrons. The van der Waals surface area contributed by atoms with E-state index in [1.807, 2.05) is 17.0 Å². The summed E-state index contributed by atoms with van der Waals surface area (Å²) in [6, 6.07) is 3.76. The third kappa shape index (κ3) is 2.92. The van der Waals surface area contributed by atoms with E-state index in [4.69, 9.17) is 0 Å². The highest BCUT2D eigenvalue weighted by Gasteiger charge is 2.20. The van der Waals surface area contributed by atoms with Crippen molar-refractivity contribution in [1.82, 2.24) is 15.1 Å². The van der Waals surface area contributed by atoms with Crippen LogP contribution in [0.3, 0.4) is 0 Å². The van der Waals surface area contributed by atoms with Crippen molar-refractivity contribution in [1.29, 1.82) is 0 Å². The molecule has 3 rings (SSSR count). The summed E-state index contributed by atoms with van der Waals surface area (Å²) in [5, 5.41) is 8.37. The molecule has 5 heteroatoms. The van der Waals surface area contributed by atoms with Gasteiger partial charge in [0.2, 0.25) is 0 Å². The molecule has 2 aliphatic heterocycles. The molecule has 5 nitrogen and oxygen atoms in total. The molecule has 0 radical (unpaired) electrons. The number of aromatic nitrogens is 2. The molecule has 0 saturated carbocycles. The van der Waals surface area contributed by atoms with E-state index in [-0.39, 0.29) is 5.91 Å². The fraction of sp³-hybridized carbons (Fsp3) is 0.667. The summed E-state index contributed by atoms with van der Waals surface area (Å²) in [4.78, 5) is 16.5. The van der Waals surface area contributed by atoms with Crippen molar-refractivity contribution in [3.05, 3.63) is 17.8 Å². The summed E-state index contributed by atoms with van der Waals surface area (Å²) < 4.78 is 0. The number of rotatable bonds is 2. The van der Waals surface area contributed by atoms with Crippen molar-refractivity contribution in [2.75, 3.05) is 31.1 Å². The zero-order valence-corrected chi connectivity index (χ0v) is 11.9. The lowest BCUT2D eigenvalue weighted by Crippen LogP contribution is -2.32. The van der Waals surface area contributed by atoms with E-state index >= 15 is 0 Å². The van der Waals surface area contributed by atoms with E-state index in [1.54, 1.807) is 0 Å². The second-order valence-corrected chi connectivity index (χ2v) is 5.68. The van der Waals surface area contributed by atoms with Crippen LogP contribution in [0, 0.1) is 0 Å². The van der Waals surface area contributed by atoms with Crippen LogP contribution < -0.4 is 4.90 Å². The largest absolute Gasteiger partial charge is 0.355 e. The van der Waals surface area contributed by atoms with E-state index in [9.17, 15) is 4.79 Å². The number of carbonyl (C=O) groups excluding carboxylic acids is 1. The van der Waals surface area contributed by atoms with Gasteiger partial charge in [-0.15, -0.1) is 10.2 Å². The third-order valence-corrected chi connectivity index (χ3v) is 4.19. The highest BCUT2D eigenvalue weighted by Crippen LogP contribution is 2.17. The summed E-state index contributed by atoms with van der Waals surface area (Å²) in [5.41, 5.74) is 0.481. The Kier molecular flexibility index (Phi) is 4.14. The highest BCUT2D eigenvalue weighted by atomic mass is 16.2. The predicted molar refractivity (Wildman–Crippen MR) is 77.9 cm³/mol. The summed E-state index contributed by atoms with van der Waals surface area (Å²) in [5.74, 6) is 0.933. The van der Waals surface area contributed by atoms with Gasteiger partial charge < -0.3 is 9.80 Å². The molecular formula is C15H22N4O. The van der Waals surface area contributed by atoms with E-state index in [0.29, 0.717) is 5.69 Å². The van der Waals surface area contributed by atoms with Crippen molar-refractivity contribution in [3.63, 3.8) is 0 Å². The molecule has 2 saturated heterocycles. The minimum Gasteiger partial charge on any atom is -0.355 e. The van der Waals surface area contributed by atoms with Crippen LogP contribution >= 0.6 is 0 Å². The smallest absolute Gasteiger partial charge is 0.274 e. The van der Waals surface area contributed by atoms with Crippen LogP contribution in [0.25, 0.3) is 0 Å². The van der Waals surface area contributed by atoms with Gasteiger partial charge in [0.05, 0.1) is 0 Å². The zero-order chi connectivity index (χ0) is 13.8. The molecule has 2 fully saturated rings. The zero-order valence-electron chi connectivity index (χ0n) is 11.9. The van der Waals surface area contributed by atoms with Gasteiger partial charge in [0, 0.05) is 26.2 Å². The van der Waals surface area contributed by atoms with Gasteiger partial charge >= 0.3 is 0 Å². The van der Waals surface area contributed by atoms with E-state index in [2.05, 4.69) is 15.1 Å². The third-order valence-electron chi connectivity index (χ3n) is 4.19. The van der Waals surface area contributed by atoms with Crippen molar-refractivity contribution >= 4 is 11.7 Å². The number of anilines is 1. The molecule has 1 amide bonds. The molecular weight excluding hydrogens is 252 g/mol. The molecule has 1 aromatic rings. The second kappa shape index (κ2) is 6.20. The molecule has 0 spiro atoms. The van der Waals surface area contributed by atoms with Crippen LogP contribution in [0.2, 0.25) is 0 Å². The molecule has 0 bridgehead atoms. The normalized spacial score (nSPS) is 20.0. The molecule has 2 aliphatic rings. The Hall–Kier alpha value is -1.65. The maximum atomic E-state index is 12.4. The number of hydrogen-bond acceptors (Lipinski definition) is 4. The Balaban J connectivity index is 1.68. The van der Waals surface area contributed by atoms with Gasteiger partial charge in [0.15, 0.2) is 11.5 Å². The average molecular weight is 274 g/mol. The summed E-state index contributed by atoms with van der Waals surface area (Å²) in [6.45, 7) is 3.81. The number of nitrogens with zero attached hydrogens (tertiary/aromatic N) is 4. The first-order valence-electron chi connectivity index (χ1n) is 7.72. The molecule has 0 N–H and O–H groups in total.